The van der Waals surface area contributed by atoms with Crippen LogP contribution in [0.5, 0.6) is 0 Å². The molecule has 0 unspecified atom stereocenters. The fourth-order valence-electron chi connectivity index (χ4n) is 4.88. The third-order valence-corrected chi connectivity index (χ3v) is 6.76. The van der Waals surface area contributed by atoms with Crippen molar-refractivity contribution >= 4 is 21.8 Å². The molecule has 6 aromatic rings. The second kappa shape index (κ2) is 8.77. The van der Waals surface area contributed by atoms with Crippen molar-refractivity contribution < 1.29 is 13.7 Å². The number of nitrogens with zero attached hydrogens (tertiary/aromatic N) is 2. The SMILES string of the molecule is [2H]c1c([2H])c([2H])c2c(c1[2H])c(C(C)(C)C)c([2H])n2-c1cc(-c2ccccc2)cc(-n2c([2H])c(C(C)(C)C)c3c([2H])c([2H])c([2H])c([2H])c32)c1. The van der Waals surface area contributed by atoms with E-state index in [9.17, 15) is 2.74 Å². The Hall–Kier alpha value is -4.04. The maximum absolute atomic E-state index is 9.46. The maximum Gasteiger partial charge on any atom is 0.0826 e. The summed E-state index contributed by atoms with van der Waals surface area (Å²) in [5, 5.41) is 0.531. The van der Waals surface area contributed by atoms with Crippen LogP contribution in [0.15, 0.2) is 109 Å². The molecular formula is C36H36N2. The Morgan fingerprint density at radius 2 is 1.00 bits per heavy atom. The van der Waals surface area contributed by atoms with Gasteiger partial charge in [-0.2, -0.15) is 0 Å². The maximum atomic E-state index is 9.46. The first-order valence-corrected chi connectivity index (χ1v) is 12.7. The zero-order valence-electron chi connectivity index (χ0n) is 32.5. The molecule has 38 heavy (non-hydrogen) atoms. The molecule has 0 radical (unpaired) electrons. The van der Waals surface area contributed by atoms with Crippen LogP contribution in [0.3, 0.4) is 0 Å². The summed E-state index contributed by atoms with van der Waals surface area (Å²) >= 11 is 0. The van der Waals surface area contributed by atoms with Crippen molar-refractivity contribution in [3.05, 3.63) is 120 Å². The van der Waals surface area contributed by atoms with Gasteiger partial charge in [-0.15, -0.1) is 0 Å². The van der Waals surface area contributed by atoms with Gasteiger partial charge in [0, 0.05) is 34.5 Å². The van der Waals surface area contributed by atoms with Crippen LogP contribution in [0.4, 0.5) is 0 Å². The molecule has 0 saturated carbocycles. The van der Waals surface area contributed by atoms with Gasteiger partial charge in [-0.1, -0.05) is 108 Å². The summed E-state index contributed by atoms with van der Waals surface area (Å²) in [6, 6.07) is 12.2. The summed E-state index contributed by atoms with van der Waals surface area (Å²) < 4.78 is 91.4. The number of aromatic nitrogens is 2. The van der Waals surface area contributed by atoms with Crippen LogP contribution in [0.2, 0.25) is 0 Å². The van der Waals surface area contributed by atoms with Crippen LogP contribution >= 0.6 is 0 Å². The molecule has 4 aromatic carbocycles. The van der Waals surface area contributed by atoms with Gasteiger partial charge < -0.3 is 9.13 Å². The first-order chi connectivity index (χ1) is 22.3. The van der Waals surface area contributed by atoms with Crippen molar-refractivity contribution in [2.45, 2.75) is 52.4 Å². The van der Waals surface area contributed by atoms with Gasteiger partial charge >= 0.3 is 0 Å². The van der Waals surface area contributed by atoms with E-state index < -0.39 is 22.9 Å². The average Bonchev–Trinajstić information content (AvgIpc) is 3.52. The molecule has 0 fully saturated rings. The van der Waals surface area contributed by atoms with Gasteiger partial charge in [-0.05, 0) is 63.4 Å². The van der Waals surface area contributed by atoms with E-state index in [0.29, 0.717) is 28.1 Å². The van der Waals surface area contributed by atoms with Crippen molar-refractivity contribution in [3.63, 3.8) is 0 Å². The monoisotopic (exact) mass is 506 g/mol. The van der Waals surface area contributed by atoms with Crippen molar-refractivity contribution in [2.75, 3.05) is 0 Å². The number of hydrogen-bond acceptors (Lipinski definition) is 0. The van der Waals surface area contributed by atoms with E-state index in [1.54, 1.807) is 6.07 Å². The van der Waals surface area contributed by atoms with Gasteiger partial charge in [0.25, 0.3) is 0 Å². The first kappa shape index (κ1) is 15.4. The Balaban J connectivity index is 1.84. The standard InChI is InChI=1S/C36H36N2/c1-35(2,3)31-23-37(33-18-12-10-16-29(31)33)27-20-26(25-14-8-7-9-15-25)21-28(22-27)38-24-32(36(4,5)6)30-17-11-13-19-34(30)38/h7-24H,1-6H3/i10D,11D,12D,13D,16D,17D,18D,19D,23D,24D. The Kier molecular flexibility index (Phi) is 3.55. The Labute approximate surface area is 240 Å². The molecule has 2 nitrogen and oxygen atoms in total. The van der Waals surface area contributed by atoms with E-state index in [2.05, 4.69) is 0 Å². The van der Waals surface area contributed by atoms with Crippen molar-refractivity contribution in [1.29, 1.82) is 0 Å². The van der Waals surface area contributed by atoms with Crippen LogP contribution in [0.25, 0.3) is 44.3 Å². The molecule has 0 spiro atoms. The van der Waals surface area contributed by atoms with Gasteiger partial charge in [0.2, 0.25) is 0 Å². The summed E-state index contributed by atoms with van der Waals surface area (Å²) in [4.78, 5) is 0. The topological polar surface area (TPSA) is 9.86 Å². The van der Waals surface area contributed by atoms with Crippen molar-refractivity contribution in [3.8, 4) is 22.5 Å². The summed E-state index contributed by atoms with van der Waals surface area (Å²) in [7, 11) is 0. The number of fused-ring (bicyclic) bond motifs is 2. The third kappa shape index (κ3) is 4.15. The number of benzene rings is 4. The van der Waals surface area contributed by atoms with E-state index in [4.69, 9.17) is 11.0 Å². The van der Waals surface area contributed by atoms with Gasteiger partial charge in [0.05, 0.1) is 24.7 Å². The minimum atomic E-state index is -0.658. The van der Waals surface area contributed by atoms with Crippen molar-refractivity contribution in [1.82, 2.24) is 9.13 Å². The second-order valence-corrected chi connectivity index (χ2v) is 11.7. The smallest absolute Gasteiger partial charge is 0.0826 e. The molecule has 0 aliphatic heterocycles. The molecule has 0 bridgehead atoms. The molecule has 190 valence electrons. The van der Waals surface area contributed by atoms with Crippen LogP contribution in [0.1, 0.15) is 66.4 Å². The summed E-state index contributed by atoms with van der Waals surface area (Å²) in [6.45, 7) is 11.4. The quantitative estimate of drug-likeness (QED) is 0.226. The Morgan fingerprint density at radius 3 is 1.45 bits per heavy atom. The lowest BCUT2D eigenvalue weighted by molar-refractivity contribution is 0.594. The Bertz CT molecular complexity index is 2160. The van der Waals surface area contributed by atoms with Gasteiger partial charge in [0.1, 0.15) is 0 Å². The molecule has 0 aliphatic carbocycles. The van der Waals surface area contributed by atoms with Gasteiger partial charge in [-0.25, -0.2) is 0 Å². The molecule has 0 aliphatic rings. The summed E-state index contributed by atoms with van der Waals surface area (Å²) in [5.41, 5.74) is 2.23. The fourth-order valence-corrected chi connectivity index (χ4v) is 4.88. The van der Waals surface area contributed by atoms with Gasteiger partial charge in [-0.3, -0.25) is 0 Å². The van der Waals surface area contributed by atoms with E-state index in [0.717, 1.165) is 5.56 Å². The molecule has 0 atom stereocenters. The average molecular weight is 507 g/mol. The van der Waals surface area contributed by atoms with E-state index >= 15 is 0 Å². The molecule has 2 aromatic heterocycles. The van der Waals surface area contributed by atoms with E-state index in [1.165, 1.54) is 9.13 Å². The summed E-state index contributed by atoms with van der Waals surface area (Å²) in [6.07, 6.45) is 0.00263. The number of rotatable bonds is 3. The number of hydrogen-bond donors (Lipinski definition) is 0. The fraction of sp³-hybridized carbons (Fsp3) is 0.222. The predicted octanol–water partition coefficient (Wildman–Crippen LogP) is 9.84. The second-order valence-electron chi connectivity index (χ2n) is 11.7. The minimum absolute atomic E-state index is 0.00132. The molecule has 2 heteroatoms. The van der Waals surface area contributed by atoms with Crippen LogP contribution in [-0.2, 0) is 10.8 Å². The predicted molar refractivity (Wildman–Crippen MR) is 163 cm³/mol. The molecule has 0 N–H and O–H groups in total. The molecule has 0 saturated heterocycles. The minimum Gasteiger partial charge on any atom is -0.316 e. The highest BCUT2D eigenvalue weighted by Crippen LogP contribution is 2.37. The number of para-hydroxylation sites is 2. The zero-order chi connectivity index (χ0) is 35.4. The van der Waals surface area contributed by atoms with Crippen LogP contribution < -0.4 is 0 Å². The van der Waals surface area contributed by atoms with Crippen molar-refractivity contribution in [2.24, 2.45) is 0 Å². The normalized spacial score (nSPS) is 16.2. The van der Waals surface area contributed by atoms with Gasteiger partial charge in [0.15, 0.2) is 0 Å². The van der Waals surface area contributed by atoms with Crippen LogP contribution in [-0.4, -0.2) is 9.13 Å². The van der Waals surface area contributed by atoms with Crippen LogP contribution in [0, 0.1) is 0 Å². The zero-order valence-corrected chi connectivity index (χ0v) is 22.5. The highest BCUT2D eigenvalue weighted by atomic mass is 15.0. The highest BCUT2D eigenvalue weighted by molar-refractivity contribution is 5.89. The van der Waals surface area contributed by atoms with E-state index in [1.807, 2.05) is 84.0 Å². The third-order valence-electron chi connectivity index (χ3n) is 6.76. The highest BCUT2D eigenvalue weighted by Gasteiger charge is 2.23. The molecule has 6 rings (SSSR count). The molecule has 0 amide bonds. The largest absolute Gasteiger partial charge is 0.316 e. The van der Waals surface area contributed by atoms with E-state index in [-0.39, 0.29) is 70.4 Å². The lowest BCUT2D eigenvalue weighted by atomic mass is 9.87. The first-order valence-electron chi connectivity index (χ1n) is 17.7. The molecular weight excluding hydrogens is 460 g/mol. The lowest BCUT2D eigenvalue weighted by Crippen LogP contribution is -2.10. The Morgan fingerprint density at radius 1 is 0.553 bits per heavy atom. The lowest BCUT2D eigenvalue weighted by Gasteiger charge is -2.17. The molecule has 2 heterocycles. The summed E-state index contributed by atoms with van der Waals surface area (Å²) in [5.74, 6) is 0.